The lowest BCUT2D eigenvalue weighted by atomic mass is 9.90. The van der Waals surface area contributed by atoms with Crippen LogP contribution in [0.2, 0.25) is 0 Å². The van der Waals surface area contributed by atoms with Gasteiger partial charge in [0.1, 0.15) is 12.7 Å². The van der Waals surface area contributed by atoms with Crippen molar-refractivity contribution in [3.63, 3.8) is 0 Å². The topological polar surface area (TPSA) is 66.8 Å². The molecule has 0 aromatic carbocycles. The summed E-state index contributed by atoms with van der Waals surface area (Å²) in [4.78, 5) is 19.4. The van der Waals surface area contributed by atoms with Gasteiger partial charge >= 0.3 is 0 Å². The Morgan fingerprint density at radius 3 is 2.77 bits per heavy atom. The molecule has 2 fully saturated rings. The average Bonchev–Trinajstić information content (AvgIpc) is 3.41. The highest BCUT2D eigenvalue weighted by atomic mass is 15.1. The summed E-state index contributed by atoms with van der Waals surface area (Å²) in [7, 11) is 2.19. The molecule has 3 atom stereocenters. The van der Waals surface area contributed by atoms with Crippen LogP contribution in [0, 0.1) is 17.8 Å². The van der Waals surface area contributed by atoms with Crippen molar-refractivity contribution in [3.8, 4) is 0 Å². The number of nitrogens with one attached hydrogen (secondary N) is 1. The van der Waals surface area contributed by atoms with Crippen LogP contribution >= 0.6 is 0 Å². The molecule has 0 bridgehead atoms. The van der Waals surface area contributed by atoms with E-state index in [0.717, 1.165) is 38.0 Å². The fourth-order valence-corrected chi connectivity index (χ4v) is 4.54. The van der Waals surface area contributed by atoms with E-state index in [-0.39, 0.29) is 0 Å². The number of aryl methyl sites for hydroxylation is 1. The van der Waals surface area contributed by atoms with E-state index in [1.165, 1.54) is 30.6 Å². The zero-order valence-electron chi connectivity index (χ0n) is 17.8. The quantitative estimate of drug-likeness (QED) is 0.729. The van der Waals surface area contributed by atoms with Crippen molar-refractivity contribution in [2.45, 2.75) is 25.7 Å². The summed E-state index contributed by atoms with van der Waals surface area (Å²) in [5.74, 6) is 1.88. The number of hydrogen-bond acceptors (Lipinski definition) is 6. The molecular weight excluding hydrogens is 372 g/mol. The van der Waals surface area contributed by atoms with E-state index in [2.05, 4.69) is 61.5 Å². The average molecular weight is 405 g/mol. The minimum Gasteiger partial charge on any atom is -0.316 e. The molecule has 2 saturated heterocycles. The Morgan fingerprint density at radius 2 is 1.93 bits per heavy atom. The number of nitrogens with zero attached hydrogens (tertiary/aromatic N) is 5. The summed E-state index contributed by atoms with van der Waals surface area (Å²) in [5, 5.41) is 3.55. The summed E-state index contributed by atoms with van der Waals surface area (Å²) >= 11 is 0. The molecule has 158 valence electrons. The van der Waals surface area contributed by atoms with E-state index in [1.807, 2.05) is 18.6 Å². The lowest BCUT2D eigenvalue weighted by molar-refractivity contribution is 0.408. The third kappa shape index (κ3) is 5.80. The molecule has 6 heteroatoms. The number of aromatic nitrogens is 4. The van der Waals surface area contributed by atoms with Crippen LogP contribution in [0.15, 0.2) is 43.4 Å². The molecule has 0 radical (unpaired) electrons. The van der Waals surface area contributed by atoms with E-state index in [0.29, 0.717) is 17.8 Å². The van der Waals surface area contributed by atoms with E-state index < -0.39 is 0 Å². The van der Waals surface area contributed by atoms with Gasteiger partial charge in [-0.15, -0.1) is 0 Å². The van der Waals surface area contributed by atoms with Crippen LogP contribution in [-0.4, -0.2) is 58.1 Å². The first-order valence-corrected chi connectivity index (χ1v) is 11.1. The van der Waals surface area contributed by atoms with Gasteiger partial charge in [0, 0.05) is 42.8 Å². The van der Waals surface area contributed by atoms with Crippen molar-refractivity contribution >= 4 is 12.2 Å². The van der Waals surface area contributed by atoms with Gasteiger partial charge in [-0.25, -0.2) is 19.9 Å². The van der Waals surface area contributed by atoms with E-state index >= 15 is 0 Å². The zero-order valence-corrected chi connectivity index (χ0v) is 17.8. The normalized spacial score (nSPS) is 25.0. The van der Waals surface area contributed by atoms with Crippen molar-refractivity contribution in [1.82, 2.24) is 30.2 Å². The van der Waals surface area contributed by atoms with Crippen LogP contribution < -0.4 is 5.32 Å². The van der Waals surface area contributed by atoms with Crippen LogP contribution in [0.1, 0.15) is 36.1 Å². The lowest BCUT2D eigenvalue weighted by Gasteiger charge is -2.15. The molecular formula is C24H32N6. The van der Waals surface area contributed by atoms with Crippen LogP contribution in [-0.2, 0) is 6.42 Å². The van der Waals surface area contributed by atoms with Crippen molar-refractivity contribution in [1.29, 1.82) is 0 Å². The molecule has 0 saturated carbocycles. The van der Waals surface area contributed by atoms with E-state index in [1.54, 1.807) is 12.7 Å². The summed E-state index contributed by atoms with van der Waals surface area (Å²) in [6.07, 6.45) is 22.6. The summed E-state index contributed by atoms with van der Waals surface area (Å²) in [5.41, 5.74) is 3.42. The number of rotatable bonds is 8. The molecule has 2 aliphatic heterocycles. The molecule has 2 aromatic rings. The van der Waals surface area contributed by atoms with Crippen LogP contribution in [0.25, 0.3) is 12.2 Å². The molecule has 1 N–H and O–H groups in total. The molecule has 4 rings (SSSR count). The van der Waals surface area contributed by atoms with Crippen LogP contribution in [0.3, 0.4) is 0 Å². The molecule has 30 heavy (non-hydrogen) atoms. The first kappa shape index (κ1) is 20.8. The highest BCUT2D eigenvalue weighted by Crippen LogP contribution is 2.25. The molecule has 0 aliphatic carbocycles. The van der Waals surface area contributed by atoms with Gasteiger partial charge in [-0.05, 0) is 63.6 Å². The Morgan fingerprint density at radius 1 is 1.07 bits per heavy atom. The Kier molecular flexibility index (Phi) is 7.32. The highest BCUT2D eigenvalue weighted by Gasteiger charge is 2.24. The second-order valence-corrected chi connectivity index (χ2v) is 8.60. The van der Waals surface area contributed by atoms with Gasteiger partial charge in [0.15, 0.2) is 0 Å². The van der Waals surface area contributed by atoms with Crippen LogP contribution in [0.4, 0.5) is 0 Å². The number of likely N-dealkylation sites (tertiary alicyclic amines) is 1. The van der Waals surface area contributed by atoms with Crippen molar-refractivity contribution in [2.75, 3.05) is 33.2 Å². The van der Waals surface area contributed by atoms with Gasteiger partial charge in [0.05, 0.1) is 5.69 Å². The monoisotopic (exact) mass is 404 g/mol. The van der Waals surface area contributed by atoms with E-state index in [9.17, 15) is 0 Å². The maximum Gasteiger partial charge on any atom is 0.115 e. The fraction of sp³-hybridized carbons (Fsp3) is 0.500. The Bertz CT molecular complexity index is 850. The van der Waals surface area contributed by atoms with Gasteiger partial charge in [0.25, 0.3) is 0 Å². The predicted octanol–water partition coefficient (Wildman–Crippen LogP) is 3.10. The second-order valence-electron chi connectivity index (χ2n) is 8.60. The Labute approximate surface area is 179 Å². The largest absolute Gasteiger partial charge is 0.316 e. The van der Waals surface area contributed by atoms with E-state index in [4.69, 9.17) is 0 Å². The third-order valence-electron chi connectivity index (χ3n) is 6.30. The van der Waals surface area contributed by atoms with Gasteiger partial charge in [-0.2, -0.15) is 0 Å². The minimum atomic E-state index is 0.564. The van der Waals surface area contributed by atoms with Crippen molar-refractivity contribution < 1.29 is 0 Å². The molecule has 0 amide bonds. The maximum atomic E-state index is 4.58. The summed E-state index contributed by atoms with van der Waals surface area (Å²) in [6.45, 7) is 4.48. The van der Waals surface area contributed by atoms with Gasteiger partial charge in [-0.1, -0.05) is 24.3 Å². The molecule has 2 aliphatic rings. The van der Waals surface area contributed by atoms with Gasteiger partial charge < -0.3 is 10.2 Å². The Balaban J connectivity index is 1.29. The second kappa shape index (κ2) is 10.5. The molecule has 6 nitrogen and oxygen atoms in total. The lowest BCUT2D eigenvalue weighted by Crippen LogP contribution is -2.13. The number of hydrogen-bond donors (Lipinski definition) is 1. The first-order chi connectivity index (χ1) is 14.8. The van der Waals surface area contributed by atoms with Gasteiger partial charge in [0.2, 0.25) is 0 Å². The molecule has 2 aromatic heterocycles. The fourth-order valence-electron chi connectivity index (χ4n) is 4.54. The summed E-state index contributed by atoms with van der Waals surface area (Å²) < 4.78 is 0. The first-order valence-electron chi connectivity index (χ1n) is 11.1. The highest BCUT2D eigenvalue weighted by molar-refractivity contribution is 5.51. The van der Waals surface area contributed by atoms with Gasteiger partial charge in [-0.3, -0.25) is 0 Å². The zero-order chi connectivity index (χ0) is 20.6. The molecule has 3 unspecified atom stereocenters. The predicted molar refractivity (Wildman–Crippen MR) is 121 cm³/mol. The minimum absolute atomic E-state index is 0.564. The SMILES string of the molecule is CN1CCC(C=Cc2cncnc2CCCC2CNCC2C=Cc2cncnc2)C1. The standard InChI is InChI=1S/C24H32N6/c1-30-10-9-19(16-30)5-8-23-15-28-18-29-24(23)4-2-3-21-13-25-14-22(21)7-6-20-11-26-17-27-12-20/h5-8,11-12,15,17-19,21-22,25H,2-4,9-10,13-14,16H2,1H3. The van der Waals surface area contributed by atoms with Crippen LogP contribution in [0.5, 0.6) is 0 Å². The molecule has 0 spiro atoms. The third-order valence-corrected chi connectivity index (χ3v) is 6.30. The summed E-state index contributed by atoms with van der Waals surface area (Å²) in [6, 6.07) is 0. The maximum absolute atomic E-state index is 4.58. The van der Waals surface area contributed by atoms with Crippen molar-refractivity contribution in [2.24, 2.45) is 17.8 Å². The van der Waals surface area contributed by atoms with Crippen molar-refractivity contribution in [3.05, 3.63) is 60.2 Å². The molecule has 4 heterocycles. The Hall–Kier alpha value is -2.44. The smallest absolute Gasteiger partial charge is 0.115 e.